The third-order valence-corrected chi connectivity index (χ3v) is 10.6. The Kier molecular flexibility index (Phi) is 6.55. The summed E-state index contributed by atoms with van der Waals surface area (Å²) in [5.41, 5.74) is 7.86. The molecule has 278 valence electrons. The lowest BCUT2D eigenvalue weighted by atomic mass is 9.80. The standard InChI is InChI=1S/C51H48N4O/c1-34-32-52-49(31-44(34)35-16-9-8-10-17-35)55-45-21-12-11-20-42(45)43-25-24-41(30-48(43)55)56-40-19-15-18-38(29-40)53-33-54(47-23-14-13-22-46(47)53)39-27-36(50(2,3)4)26-37(28-39)51(5,6)7/h8-32H,33H2,1-7H3/i1D3,8D,9D,10D,16D,17D. The predicted octanol–water partition coefficient (Wildman–Crippen LogP) is 13.8. The van der Waals surface area contributed by atoms with Gasteiger partial charge >= 0.3 is 0 Å². The molecule has 0 N–H and O–H groups in total. The highest BCUT2D eigenvalue weighted by atomic mass is 16.5. The Balaban J connectivity index is 1.11. The first-order chi connectivity index (χ1) is 30.2. The highest BCUT2D eigenvalue weighted by Crippen LogP contribution is 2.46. The molecule has 6 aromatic carbocycles. The number of hydrogen-bond acceptors (Lipinski definition) is 4. The molecular formula is C51H48N4O. The third-order valence-electron chi connectivity index (χ3n) is 10.6. The van der Waals surface area contributed by atoms with Crippen molar-refractivity contribution in [3.63, 3.8) is 0 Å². The Hall–Kier alpha value is -6.33. The number of pyridine rings is 1. The summed E-state index contributed by atoms with van der Waals surface area (Å²) in [6.45, 7) is 11.4. The topological polar surface area (TPSA) is 33.5 Å². The molecule has 9 rings (SSSR count). The van der Waals surface area contributed by atoms with Crippen molar-refractivity contribution in [2.75, 3.05) is 16.5 Å². The van der Waals surface area contributed by atoms with E-state index in [2.05, 4.69) is 105 Å². The van der Waals surface area contributed by atoms with Crippen molar-refractivity contribution in [2.24, 2.45) is 0 Å². The molecule has 56 heavy (non-hydrogen) atoms. The van der Waals surface area contributed by atoms with Crippen LogP contribution in [-0.2, 0) is 10.8 Å². The van der Waals surface area contributed by atoms with Crippen LogP contribution in [0.25, 0.3) is 38.8 Å². The number of anilines is 4. The lowest BCUT2D eigenvalue weighted by Gasteiger charge is -2.29. The van der Waals surface area contributed by atoms with Crippen LogP contribution >= 0.6 is 0 Å². The fraction of sp³-hybridized carbons (Fsp3) is 0.196. The second-order valence-electron chi connectivity index (χ2n) is 16.5. The van der Waals surface area contributed by atoms with Crippen LogP contribution in [0.3, 0.4) is 0 Å². The molecule has 5 nitrogen and oxygen atoms in total. The number of ether oxygens (including phenoxy) is 1. The first-order valence-electron chi connectivity index (χ1n) is 22.9. The zero-order valence-electron chi connectivity index (χ0n) is 40.5. The van der Waals surface area contributed by atoms with Crippen LogP contribution in [0.15, 0.2) is 152 Å². The molecule has 0 fully saturated rings. The summed E-state index contributed by atoms with van der Waals surface area (Å²) in [6, 6.07) is 35.9. The minimum absolute atomic E-state index is 0.0178. The Morgan fingerprint density at radius 2 is 1.29 bits per heavy atom. The molecule has 8 aromatic rings. The van der Waals surface area contributed by atoms with Gasteiger partial charge in [0.05, 0.1) is 29.3 Å². The molecular weight excluding hydrogens is 685 g/mol. The quantitative estimate of drug-likeness (QED) is 0.170. The van der Waals surface area contributed by atoms with E-state index < -0.39 is 37.1 Å². The van der Waals surface area contributed by atoms with Gasteiger partial charge in [-0.25, -0.2) is 4.98 Å². The normalized spacial score (nSPS) is 15.4. The van der Waals surface area contributed by atoms with E-state index in [0.717, 1.165) is 39.0 Å². The van der Waals surface area contributed by atoms with Gasteiger partial charge in [0.25, 0.3) is 0 Å². The van der Waals surface area contributed by atoms with Crippen molar-refractivity contribution >= 4 is 44.6 Å². The van der Waals surface area contributed by atoms with Crippen molar-refractivity contribution in [3.8, 4) is 28.4 Å². The number of aromatic nitrogens is 2. The lowest BCUT2D eigenvalue weighted by molar-refractivity contribution is 0.483. The van der Waals surface area contributed by atoms with E-state index >= 15 is 0 Å². The molecule has 1 aliphatic rings. The zero-order chi connectivity index (χ0) is 45.6. The second kappa shape index (κ2) is 13.5. The maximum Gasteiger partial charge on any atom is 0.138 e. The molecule has 2 aromatic heterocycles. The van der Waals surface area contributed by atoms with Gasteiger partial charge in [-0.3, -0.25) is 4.57 Å². The van der Waals surface area contributed by atoms with Gasteiger partial charge in [-0.05, 0) is 106 Å². The largest absolute Gasteiger partial charge is 0.457 e. The van der Waals surface area contributed by atoms with Crippen molar-refractivity contribution < 1.29 is 15.7 Å². The fourth-order valence-electron chi connectivity index (χ4n) is 7.56. The summed E-state index contributed by atoms with van der Waals surface area (Å²) in [7, 11) is 0. The highest BCUT2D eigenvalue weighted by Gasteiger charge is 2.30. The van der Waals surface area contributed by atoms with E-state index in [1.54, 1.807) is 0 Å². The summed E-state index contributed by atoms with van der Waals surface area (Å²) in [5.74, 6) is 1.49. The molecule has 1 aliphatic heterocycles. The van der Waals surface area contributed by atoms with Crippen LogP contribution in [0, 0.1) is 6.85 Å². The Labute approximate surface area is 341 Å². The van der Waals surface area contributed by atoms with Gasteiger partial charge in [0.2, 0.25) is 0 Å². The number of aryl methyl sites for hydroxylation is 1. The molecule has 0 radical (unpaired) electrons. The molecule has 0 unspecified atom stereocenters. The number of para-hydroxylation sites is 3. The van der Waals surface area contributed by atoms with E-state index in [1.165, 1.54) is 23.4 Å². The minimum atomic E-state index is -2.69. The summed E-state index contributed by atoms with van der Waals surface area (Å²) < 4.78 is 75.7. The summed E-state index contributed by atoms with van der Waals surface area (Å²) in [6.07, 6.45) is 1.22. The van der Waals surface area contributed by atoms with Gasteiger partial charge < -0.3 is 14.5 Å². The van der Waals surface area contributed by atoms with Gasteiger partial charge in [-0.15, -0.1) is 0 Å². The predicted molar refractivity (Wildman–Crippen MR) is 235 cm³/mol. The summed E-state index contributed by atoms with van der Waals surface area (Å²) >= 11 is 0. The summed E-state index contributed by atoms with van der Waals surface area (Å²) in [4.78, 5) is 9.32. The Morgan fingerprint density at radius 3 is 2.00 bits per heavy atom. The SMILES string of the molecule is [2H]c1c([2H])c([2H])c(-c2cc(-n3c4ccccc4c4ccc(Oc5cccc(N6CN(c7cc(C(C)(C)C)cc(C(C)(C)C)c7)c7ccccc76)c5)cc43)ncc2C([2H])([2H])[2H])c([2H])c1[2H]. The highest BCUT2D eigenvalue weighted by molar-refractivity contribution is 6.09. The average molecular weight is 741 g/mol. The van der Waals surface area contributed by atoms with Crippen molar-refractivity contribution in [1.29, 1.82) is 0 Å². The van der Waals surface area contributed by atoms with Crippen LogP contribution < -0.4 is 14.5 Å². The number of hydrogen-bond donors (Lipinski definition) is 0. The van der Waals surface area contributed by atoms with Crippen LogP contribution in [0.1, 0.15) is 69.2 Å². The smallest absolute Gasteiger partial charge is 0.138 e. The molecule has 0 amide bonds. The number of benzene rings is 6. The van der Waals surface area contributed by atoms with Gasteiger partial charge in [0.15, 0.2) is 0 Å². The summed E-state index contributed by atoms with van der Waals surface area (Å²) in [5, 5.41) is 1.80. The van der Waals surface area contributed by atoms with Crippen LogP contribution in [0.4, 0.5) is 22.7 Å². The number of rotatable bonds is 6. The molecule has 0 saturated heterocycles. The van der Waals surface area contributed by atoms with Crippen molar-refractivity contribution in [1.82, 2.24) is 9.55 Å². The van der Waals surface area contributed by atoms with Crippen molar-refractivity contribution in [3.05, 3.63) is 168 Å². The molecule has 0 atom stereocenters. The first kappa shape index (κ1) is 27.3. The number of nitrogens with zero attached hydrogens (tertiary/aromatic N) is 4. The van der Waals surface area contributed by atoms with E-state index in [0.29, 0.717) is 29.5 Å². The molecule has 5 heteroatoms. The Morgan fingerprint density at radius 1 is 0.625 bits per heavy atom. The van der Waals surface area contributed by atoms with Gasteiger partial charge in [0.1, 0.15) is 24.0 Å². The monoisotopic (exact) mass is 740 g/mol. The molecule has 0 bridgehead atoms. The lowest BCUT2D eigenvalue weighted by Crippen LogP contribution is -2.25. The van der Waals surface area contributed by atoms with E-state index in [9.17, 15) is 0 Å². The van der Waals surface area contributed by atoms with Gasteiger partial charge in [-0.1, -0.05) is 114 Å². The van der Waals surface area contributed by atoms with E-state index in [-0.39, 0.29) is 27.5 Å². The molecule has 3 heterocycles. The van der Waals surface area contributed by atoms with Gasteiger partial charge in [0, 0.05) is 44.6 Å². The van der Waals surface area contributed by atoms with Gasteiger partial charge in [-0.2, -0.15) is 0 Å². The van der Waals surface area contributed by atoms with E-state index in [1.807, 2.05) is 65.2 Å². The molecule has 0 spiro atoms. The average Bonchev–Trinajstić information content (AvgIpc) is 3.80. The first-order valence-corrected chi connectivity index (χ1v) is 18.9. The van der Waals surface area contributed by atoms with E-state index in [4.69, 9.17) is 15.7 Å². The second-order valence-corrected chi connectivity index (χ2v) is 16.5. The molecule has 0 aliphatic carbocycles. The van der Waals surface area contributed by atoms with Crippen LogP contribution in [0.5, 0.6) is 11.5 Å². The Bertz CT molecular complexity index is 3100. The minimum Gasteiger partial charge on any atom is -0.457 e. The van der Waals surface area contributed by atoms with Crippen LogP contribution in [0.2, 0.25) is 0 Å². The zero-order valence-corrected chi connectivity index (χ0v) is 32.5. The number of fused-ring (bicyclic) bond motifs is 4. The van der Waals surface area contributed by atoms with Crippen molar-refractivity contribution in [2.45, 2.75) is 59.2 Å². The fourth-order valence-corrected chi connectivity index (χ4v) is 7.56. The molecule has 0 saturated carbocycles. The maximum absolute atomic E-state index is 8.72. The third kappa shape index (κ3) is 6.37. The van der Waals surface area contributed by atoms with Crippen LogP contribution in [-0.4, -0.2) is 16.2 Å². The maximum atomic E-state index is 8.72.